The predicted octanol–water partition coefficient (Wildman–Crippen LogP) is 5.71. The summed E-state index contributed by atoms with van der Waals surface area (Å²) in [5.41, 5.74) is 0.482. The van der Waals surface area contributed by atoms with E-state index < -0.39 is 5.82 Å². The lowest BCUT2D eigenvalue weighted by molar-refractivity contribution is -0.113. The minimum absolute atomic E-state index is 0.0208. The van der Waals surface area contributed by atoms with E-state index in [1.807, 2.05) is 11.5 Å². The number of carbonyl (C=O) groups is 1. The normalized spacial score (nSPS) is 10.8. The number of ether oxygens (including phenoxy) is 1. The Hall–Kier alpha value is -2.00. The zero-order valence-electron chi connectivity index (χ0n) is 15.7. The highest BCUT2D eigenvalue weighted by atomic mass is 35.5. The number of carbonyl (C=O) groups excluding carboxylic acids is 1. The van der Waals surface area contributed by atoms with Gasteiger partial charge in [0.1, 0.15) is 18.2 Å². The summed E-state index contributed by atoms with van der Waals surface area (Å²) in [6.45, 7) is 2.64. The summed E-state index contributed by atoms with van der Waals surface area (Å²) >= 11 is 18.9. The minimum atomic E-state index is -0.516. The van der Waals surface area contributed by atoms with Crippen LogP contribution in [0.2, 0.25) is 15.1 Å². The third-order valence-corrected chi connectivity index (χ3v) is 5.71. The molecule has 3 rings (SSSR count). The molecule has 0 saturated heterocycles. The fourth-order valence-corrected chi connectivity index (χ4v) is 3.92. The maximum atomic E-state index is 13.2. The molecule has 158 valence electrons. The van der Waals surface area contributed by atoms with Crippen LogP contribution in [0, 0.1) is 5.82 Å². The number of nitrogens with one attached hydrogen (secondary N) is 1. The Morgan fingerprint density at radius 2 is 1.97 bits per heavy atom. The predicted molar refractivity (Wildman–Crippen MR) is 117 cm³/mol. The van der Waals surface area contributed by atoms with E-state index in [-0.39, 0.29) is 23.3 Å². The quantitative estimate of drug-likeness (QED) is 0.411. The van der Waals surface area contributed by atoms with Crippen molar-refractivity contribution in [1.29, 1.82) is 0 Å². The van der Waals surface area contributed by atoms with Gasteiger partial charge in [0.25, 0.3) is 0 Å². The van der Waals surface area contributed by atoms with E-state index in [2.05, 4.69) is 15.5 Å². The van der Waals surface area contributed by atoms with Crippen molar-refractivity contribution in [2.75, 3.05) is 11.1 Å². The van der Waals surface area contributed by atoms with E-state index in [9.17, 15) is 9.18 Å². The van der Waals surface area contributed by atoms with Gasteiger partial charge >= 0.3 is 0 Å². The Morgan fingerprint density at radius 1 is 1.17 bits per heavy atom. The van der Waals surface area contributed by atoms with Gasteiger partial charge in [-0.05, 0) is 37.3 Å². The molecule has 30 heavy (non-hydrogen) atoms. The molecule has 3 aromatic rings. The van der Waals surface area contributed by atoms with Crippen molar-refractivity contribution in [3.63, 3.8) is 0 Å². The van der Waals surface area contributed by atoms with Crippen LogP contribution in [-0.4, -0.2) is 26.4 Å². The maximum absolute atomic E-state index is 13.2. The molecule has 0 spiro atoms. The molecule has 0 unspecified atom stereocenters. The van der Waals surface area contributed by atoms with Gasteiger partial charge in [0, 0.05) is 17.6 Å². The second-order valence-corrected chi connectivity index (χ2v) is 8.16. The monoisotopic (exact) mass is 488 g/mol. The number of aromatic nitrogens is 3. The van der Waals surface area contributed by atoms with E-state index in [0.29, 0.717) is 39.0 Å². The lowest BCUT2D eigenvalue weighted by atomic mass is 10.3. The van der Waals surface area contributed by atoms with Crippen molar-refractivity contribution in [1.82, 2.24) is 14.8 Å². The van der Waals surface area contributed by atoms with Gasteiger partial charge in [0.15, 0.2) is 11.0 Å². The molecule has 0 aliphatic heterocycles. The number of benzene rings is 2. The highest BCUT2D eigenvalue weighted by molar-refractivity contribution is 7.99. The van der Waals surface area contributed by atoms with Crippen LogP contribution < -0.4 is 10.1 Å². The molecule has 2 aromatic carbocycles. The largest absolute Gasteiger partial charge is 0.486 e. The van der Waals surface area contributed by atoms with Gasteiger partial charge in [-0.25, -0.2) is 4.39 Å². The van der Waals surface area contributed by atoms with Crippen LogP contribution in [0.5, 0.6) is 5.75 Å². The lowest BCUT2D eigenvalue weighted by Crippen LogP contribution is -2.15. The molecular formula is C19H16Cl3FN4O2S. The molecule has 0 aliphatic carbocycles. The highest BCUT2D eigenvalue weighted by Crippen LogP contribution is 2.26. The molecule has 1 amide bonds. The van der Waals surface area contributed by atoms with Gasteiger partial charge in [-0.15, -0.1) is 10.2 Å². The van der Waals surface area contributed by atoms with Crippen LogP contribution in [0.3, 0.4) is 0 Å². The fourth-order valence-electron chi connectivity index (χ4n) is 2.47. The first kappa shape index (κ1) is 22.7. The number of hydrogen-bond donors (Lipinski definition) is 1. The summed E-state index contributed by atoms with van der Waals surface area (Å²) < 4.78 is 20.7. The summed E-state index contributed by atoms with van der Waals surface area (Å²) in [7, 11) is 0. The molecule has 1 N–H and O–H groups in total. The summed E-state index contributed by atoms with van der Waals surface area (Å²) in [6, 6.07) is 8.94. The number of nitrogens with zero attached hydrogens (tertiary/aromatic N) is 3. The molecule has 0 bridgehead atoms. The Bertz CT molecular complexity index is 1060. The topological polar surface area (TPSA) is 69.0 Å². The number of thioether (sulfide) groups is 1. The van der Waals surface area contributed by atoms with Crippen molar-refractivity contribution in [2.24, 2.45) is 0 Å². The Kier molecular flexibility index (Phi) is 7.82. The molecule has 0 aliphatic rings. The van der Waals surface area contributed by atoms with Crippen molar-refractivity contribution in [2.45, 2.75) is 25.2 Å². The van der Waals surface area contributed by atoms with Crippen LogP contribution in [0.1, 0.15) is 12.7 Å². The van der Waals surface area contributed by atoms with Crippen molar-refractivity contribution in [3.05, 3.63) is 63.1 Å². The number of rotatable bonds is 8. The van der Waals surface area contributed by atoms with Gasteiger partial charge in [0.05, 0.1) is 21.5 Å². The van der Waals surface area contributed by atoms with Crippen LogP contribution >= 0.6 is 46.6 Å². The van der Waals surface area contributed by atoms with Gasteiger partial charge in [-0.3, -0.25) is 4.79 Å². The van der Waals surface area contributed by atoms with E-state index in [1.54, 1.807) is 18.2 Å². The number of amides is 1. The number of halogens is 4. The smallest absolute Gasteiger partial charge is 0.234 e. The third kappa shape index (κ3) is 5.78. The molecule has 0 fully saturated rings. The van der Waals surface area contributed by atoms with Gasteiger partial charge in [-0.1, -0.05) is 46.6 Å². The zero-order chi connectivity index (χ0) is 21.7. The molecule has 0 radical (unpaired) electrons. The third-order valence-electron chi connectivity index (χ3n) is 3.91. The zero-order valence-corrected chi connectivity index (χ0v) is 18.7. The summed E-state index contributed by atoms with van der Waals surface area (Å²) in [5, 5.41) is 12.4. The SMILES string of the molecule is CCn1c(COc2ccc(F)c(Cl)c2)nnc1SCC(=O)Nc1ccc(Cl)cc1Cl. The van der Waals surface area contributed by atoms with Gasteiger partial charge < -0.3 is 14.6 Å². The molecule has 0 saturated carbocycles. The van der Waals surface area contributed by atoms with E-state index >= 15 is 0 Å². The first-order valence-electron chi connectivity index (χ1n) is 8.75. The molecule has 1 aromatic heterocycles. The fraction of sp³-hybridized carbons (Fsp3) is 0.211. The van der Waals surface area contributed by atoms with E-state index in [0.717, 1.165) is 0 Å². The average Bonchev–Trinajstić information content (AvgIpc) is 3.11. The second kappa shape index (κ2) is 10.3. The first-order chi connectivity index (χ1) is 14.4. The van der Waals surface area contributed by atoms with Crippen molar-refractivity contribution in [3.8, 4) is 5.75 Å². The Morgan fingerprint density at radius 3 is 2.67 bits per heavy atom. The molecule has 1 heterocycles. The second-order valence-electron chi connectivity index (χ2n) is 5.97. The number of anilines is 1. The average molecular weight is 490 g/mol. The standard InChI is InChI=1S/C19H16Cl3FN4O2S/c1-2-27-17(9-29-12-4-5-15(23)13(21)8-12)25-26-19(27)30-10-18(28)24-16-6-3-11(20)7-14(16)22/h3-8H,2,9-10H2,1H3,(H,24,28). The highest BCUT2D eigenvalue weighted by Gasteiger charge is 2.15. The van der Waals surface area contributed by atoms with Crippen molar-refractivity contribution < 1.29 is 13.9 Å². The van der Waals surface area contributed by atoms with Gasteiger partial charge in [-0.2, -0.15) is 0 Å². The van der Waals surface area contributed by atoms with Crippen LogP contribution in [0.25, 0.3) is 0 Å². The van der Waals surface area contributed by atoms with Crippen LogP contribution in [0.15, 0.2) is 41.6 Å². The number of hydrogen-bond acceptors (Lipinski definition) is 5. The lowest BCUT2D eigenvalue weighted by Gasteiger charge is -2.10. The molecular weight excluding hydrogens is 474 g/mol. The molecule has 11 heteroatoms. The van der Waals surface area contributed by atoms with Crippen molar-refractivity contribution >= 4 is 58.2 Å². The van der Waals surface area contributed by atoms with E-state index in [4.69, 9.17) is 39.5 Å². The molecule has 0 atom stereocenters. The summed E-state index contributed by atoms with van der Waals surface area (Å²) in [5.74, 6) is 0.346. The minimum Gasteiger partial charge on any atom is -0.486 e. The van der Waals surface area contributed by atoms with Crippen LogP contribution in [0.4, 0.5) is 10.1 Å². The molecule has 6 nitrogen and oxygen atoms in total. The first-order valence-corrected chi connectivity index (χ1v) is 10.9. The van der Waals surface area contributed by atoms with Gasteiger partial charge in [0.2, 0.25) is 5.91 Å². The summed E-state index contributed by atoms with van der Waals surface area (Å²) in [4.78, 5) is 12.3. The Labute approximate surface area is 191 Å². The summed E-state index contributed by atoms with van der Waals surface area (Å²) in [6.07, 6.45) is 0. The van der Waals surface area contributed by atoms with Crippen LogP contribution in [-0.2, 0) is 17.9 Å². The van der Waals surface area contributed by atoms with E-state index in [1.165, 1.54) is 30.0 Å². The maximum Gasteiger partial charge on any atom is 0.234 e. The Balaban J connectivity index is 1.59.